The normalized spacial score (nSPS) is 16.1. The Morgan fingerprint density at radius 1 is 1.56 bits per heavy atom. The predicted octanol–water partition coefficient (Wildman–Crippen LogP) is 2.02. The highest BCUT2D eigenvalue weighted by molar-refractivity contribution is 8.03. The maximum atomic E-state index is 11.5. The summed E-state index contributed by atoms with van der Waals surface area (Å²) in [5.74, 6) is -0.392. The van der Waals surface area contributed by atoms with Crippen molar-refractivity contribution < 1.29 is 9.53 Å². The minimum Gasteiger partial charge on any atom is -0.468 e. The summed E-state index contributed by atoms with van der Waals surface area (Å²) in [4.78, 5) is 11.5. The molecule has 0 saturated carbocycles. The molecule has 102 valence electrons. The monoisotopic (exact) mass is 307 g/mol. The van der Waals surface area contributed by atoms with E-state index in [2.05, 4.69) is 14.9 Å². The van der Waals surface area contributed by atoms with Gasteiger partial charge in [0.05, 0.1) is 7.11 Å². The third-order valence-electron chi connectivity index (χ3n) is 2.23. The second-order valence-corrected chi connectivity index (χ2v) is 7.80. The Kier molecular flexibility index (Phi) is 5.90. The number of nitrogens with zero attached hydrogens (tertiary/aromatic N) is 2. The summed E-state index contributed by atoms with van der Waals surface area (Å²) in [6.45, 7) is 3.70. The number of rotatable bonds is 6. The van der Waals surface area contributed by atoms with Crippen molar-refractivity contribution in [1.29, 1.82) is 0 Å². The van der Waals surface area contributed by atoms with Crippen LogP contribution in [0.5, 0.6) is 0 Å². The van der Waals surface area contributed by atoms with Crippen LogP contribution in [0.2, 0.25) is 0 Å². The molecule has 0 aliphatic carbocycles. The van der Waals surface area contributed by atoms with E-state index in [4.69, 9.17) is 5.73 Å². The topological polar surface area (TPSA) is 78.1 Å². The van der Waals surface area contributed by atoms with E-state index in [1.807, 2.05) is 13.2 Å². The van der Waals surface area contributed by atoms with Crippen molar-refractivity contribution >= 4 is 40.8 Å². The highest BCUT2D eigenvalue weighted by Gasteiger charge is 2.31. The van der Waals surface area contributed by atoms with Crippen molar-refractivity contribution in [2.45, 2.75) is 39.7 Å². The van der Waals surface area contributed by atoms with Gasteiger partial charge in [-0.3, -0.25) is 4.79 Å². The van der Waals surface area contributed by atoms with Gasteiger partial charge in [-0.15, -0.1) is 10.2 Å². The van der Waals surface area contributed by atoms with Crippen LogP contribution in [-0.2, 0) is 9.53 Å². The van der Waals surface area contributed by atoms with Crippen molar-refractivity contribution in [3.8, 4) is 0 Å². The third-order valence-corrected chi connectivity index (χ3v) is 5.31. The van der Waals surface area contributed by atoms with E-state index in [0.717, 1.165) is 8.68 Å². The number of nitrogens with two attached hydrogens (primary N) is 1. The third kappa shape index (κ3) is 4.42. The summed E-state index contributed by atoms with van der Waals surface area (Å²) in [5.41, 5.74) is 4.97. The Balaban J connectivity index is 2.55. The molecule has 0 bridgehead atoms. The Hall–Kier alpha value is -0.310. The van der Waals surface area contributed by atoms with Crippen molar-refractivity contribution in [3.63, 3.8) is 0 Å². The molecule has 0 radical (unpaired) electrons. The molecule has 2 N–H and O–H groups in total. The first-order valence-electron chi connectivity index (χ1n) is 5.30. The number of hydrogen-bond donors (Lipinski definition) is 1. The lowest BCUT2D eigenvalue weighted by Crippen LogP contribution is -2.47. The number of esters is 1. The van der Waals surface area contributed by atoms with Crippen LogP contribution in [0.25, 0.3) is 0 Å². The van der Waals surface area contributed by atoms with Gasteiger partial charge in [0.15, 0.2) is 8.68 Å². The molecule has 2 atom stereocenters. The van der Waals surface area contributed by atoms with E-state index >= 15 is 0 Å². The zero-order valence-corrected chi connectivity index (χ0v) is 13.2. The molecule has 8 heteroatoms. The number of carbonyl (C=O) groups is 1. The SMILES string of the molecule is COC(=O)C(C)(N)CC(C)Sc1nnc(SC)s1. The van der Waals surface area contributed by atoms with Crippen LogP contribution < -0.4 is 5.73 Å². The van der Waals surface area contributed by atoms with E-state index in [-0.39, 0.29) is 5.25 Å². The smallest absolute Gasteiger partial charge is 0.325 e. The van der Waals surface area contributed by atoms with E-state index in [1.165, 1.54) is 7.11 Å². The molecule has 0 aromatic carbocycles. The predicted molar refractivity (Wildman–Crippen MR) is 76.2 cm³/mol. The van der Waals surface area contributed by atoms with Crippen LogP contribution in [0, 0.1) is 0 Å². The first-order valence-corrected chi connectivity index (χ1v) is 8.22. The van der Waals surface area contributed by atoms with Crippen LogP contribution in [0.4, 0.5) is 0 Å². The number of carbonyl (C=O) groups excluding carboxylic acids is 1. The lowest BCUT2D eigenvalue weighted by molar-refractivity contribution is -0.146. The standard InChI is InChI=1S/C10H17N3O2S3/c1-6(5-10(2,11)7(14)15-3)17-9-13-12-8(16-4)18-9/h6H,5,11H2,1-4H3. The zero-order valence-electron chi connectivity index (χ0n) is 10.8. The molecule has 0 spiro atoms. The van der Waals surface area contributed by atoms with Gasteiger partial charge in [-0.05, 0) is 19.6 Å². The largest absolute Gasteiger partial charge is 0.468 e. The number of methoxy groups -OCH3 is 1. The minimum atomic E-state index is -0.964. The number of hydrogen-bond acceptors (Lipinski definition) is 8. The molecule has 1 heterocycles. The van der Waals surface area contributed by atoms with Crippen LogP contribution in [0.1, 0.15) is 20.3 Å². The summed E-state index contributed by atoms with van der Waals surface area (Å²) >= 11 is 4.70. The van der Waals surface area contributed by atoms with Crippen molar-refractivity contribution in [3.05, 3.63) is 0 Å². The number of thioether (sulfide) groups is 2. The fourth-order valence-electron chi connectivity index (χ4n) is 1.45. The molecule has 0 aliphatic rings. The van der Waals surface area contributed by atoms with Crippen molar-refractivity contribution in [2.24, 2.45) is 5.73 Å². The minimum absolute atomic E-state index is 0.168. The van der Waals surface area contributed by atoms with E-state index in [9.17, 15) is 4.79 Å². The molecule has 1 aromatic rings. The van der Waals surface area contributed by atoms with Gasteiger partial charge in [-0.1, -0.05) is 41.8 Å². The Morgan fingerprint density at radius 3 is 2.67 bits per heavy atom. The van der Waals surface area contributed by atoms with Gasteiger partial charge in [0.1, 0.15) is 5.54 Å². The van der Waals surface area contributed by atoms with Crippen molar-refractivity contribution in [1.82, 2.24) is 10.2 Å². The number of ether oxygens (including phenoxy) is 1. The van der Waals surface area contributed by atoms with E-state index in [1.54, 1.807) is 41.8 Å². The summed E-state index contributed by atoms with van der Waals surface area (Å²) in [5, 5.41) is 8.27. The Morgan fingerprint density at radius 2 is 2.17 bits per heavy atom. The first-order chi connectivity index (χ1) is 8.39. The summed E-state index contributed by atoms with van der Waals surface area (Å²) in [6.07, 6.45) is 2.49. The van der Waals surface area contributed by atoms with E-state index < -0.39 is 11.5 Å². The molecule has 0 saturated heterocycles. The van der Waals surface area contributed by atoms with Crippen LogP contribution in [-0.4, -0.2) is 40.3 Å². The molecule has 18 heavy (non-hydrogen) atoms. The molecular formula is C10H17N3O2S3. The molecule has 5 nitrogen and oxygen atoms in total. The Bertz CT molecular complexity index is 409. The van der Waals surface area contributed by atoms with Gasteiger partial charge in [0.2, 0.25) is 0 Å². The quantitative estimate of drug-likeness (QED) is 0.636. The number of aromatic nitrogens is 2. The van der Waals surface area contributed by atoms with Crippen molar-refractivity contribution in [2.75, 3.05) is 13.4 Å². The highest BCUT2D eigenvalue weighted by Crippen LogP contribution is 2.32. The molecule has 2 unspecified atom stereocenters. The van der Waals surface area contributed by atoms with Crippen LogP contribution in [0.3, 0.4) is 0 Å². The average molecular weight is 307 g/mol. The van der Waals surface area contributed by atoms with Gasteiger partial charge in [-0.2, -0.15) is 0 Å². The first kappa shape index (κ1) is 15.7. The fourth-order valence-corrected chi connectivity index (χ4v) is 4.40. The lowest BCUT2D eigenvalue weighted by atomic mass is 9.98. The van der Waals surface area contributed by atoms with Gasteiger partial charge in [0.25, 0.3) is 0 Å². The van der Waals surface area contributed by atoms with Gasteiger partial charge in [0, 0.05) is 5.25 Å². The lowest BCUT2D eigenvalue weighted by Gasteiger charge is -2.24. The van der Waals surface area contributed by atoms with Crippen LogP contribution in [0.15, 0.2) is 8.68 Å². The van der Waals surface area contributed by atoms with E-state index in [0.29, 0.717) is 6.42 Å². The van der Waals surface area contributed by atoms with Gasteiger partial charge >= 0.3 is 5.97 Å². The average Bonchev–Trinajstić information content (AvgIpc) is 2.74. The summed E-state index contributed by atoms with van der Waals surface area (Å²) in [7, 11) is 1.35. The molecule has 0 amide bonds. The second-order valence-electron chi connectivity index (χ2n) is 4.08. The fraction of sp³-hybridized carbons (Fsp3) is 0.700. The molecule has 1 aromatic heterocycles. The molecular weight excluding hydrogens is 290 g/mol. The second kappa shape index (κ2) is 6.74. The van der Waals surface area contributed by atoms with Gasteiger partial charge < -0.3 is 10.5 Å². The summed E-state index contributed by atoms with van der Waals surface area (Å²) in [6, 6.07) is 0. The zero-order chi connectivity index (χ0) is 13.8. The molecule has 0 aliphatic heterocycles. The van der Waals surface area contributed by atoms with Crippen LogP contribution >= 0.6 is 34.9 Å². The maximum absolute atomic E-state index is 11.5. The highest BCUT2D eigenvalue weighted by atomic mass is 32.2. The molecule has 0 fully saturated rings. The van der Waals surface area contributed by atoms with Gasteiger partial charge in [-0.25, -0.2) is 0 Å². The summed E-state index contributed by atoms with van der Waals surface area (Å²) < 4.78 is 6.52. The molecule has 1 rings (SSSR count). The Labute approximate surface area is 119 Å². The maximum Gasteiger partial charge on any atom is 0.325 e.